The van der Waals surface area contributed by atoms with Gasteiger partial charge in [0.2, 0.25) is 0 Å². The summed E-state index contributed by atoms with van der Waals surface area (Å²) in [7, 11) is 0. The molecule has 0 spiro atoms. The maximum atomic E-state index is 9.91. The average molecular weight is 212 g/mol. The topological polar surface area (TPSA) is 35.5 Å². The average Bonchev–Trinajstić information content (AvgIpc) is 2.46. The van der Waals surface area contributed by atoms with Gasteiger partial charge in [-0.05, 0) is 52.1 Å². The summed E-state index contributed by atoms with van der Waals surface area (Å²) in [4.78, 5) is 2.59. The molecule has 0 aromatic heterocycles. The van der Waals surface area contributed by atoms with Crippen LogP contribution in [0.25, 0.3) is 0 Å². The lowest BCUT2D eigenvalue weighted by Gasteiger charge is -2.40. The smallest absolute Gasteiger partial charge is 0.0644 e. The molecule has 15 heavy (non-hydrogen) atoms. The van der Waals surface area contributed by atoms with Crippen molar-refractivity contribution in [3.63, 3.8) is 0 Å². The van der Waals surface area contributed by atoms with Gasteiger partial charge in [0, 0.05) is 19.1 Å². The first-order valence-corrected chi connectivity index (χ1v) is 6.34. The molecule has 0 aromatic rings. The number of piperidine rings is 1. The molecule has 88 valence electrons. The highest BCUT2D eigenvalue weighted by molar-refractivity contribution is 4.86. The van der Waals surface area contributed by atoms with Crippen LogP contribution in [0.1, 0.15) is 39.0 Å². The first-order chi connectivity index (χ1) is 7.17. The highest BCUT2D eigenvalue weighted by Gasteiger charge is 2.30. The van der Waals surface area contributed by atoms with Crippen LogP contribution < -0.4 is 5.32 Å². The van der Waals surface area contributed by atoms with E-state index in [0.717, 1.165) is 38.5 Å². The summed E-state index contributed by atoms with van der Waals surface area (Å²) in [5.41, 5.74) is -0.403. The summed E-state index contributed by atoms with van der Waals surface area (Å²) in [5, 5.41) is 13.4. The van der Waals surface area contributed by atoms with E-state index in [4.69, 9.17) is 0 Å². The molecule has 2 aliphatic heterocycles. The fourth-order valence-corrected chi connectivity index (χ4v) is 2.74. The van der Waals surface area contributed by atoms with E-state index in [-0.39, 0.29) is 0 Å². The van der Waals surface area contributed by atoms with Crippen molar-refractivity contribution >= 4 is 0 Å². The number of nitrogens with one attached hydrogen (secondary N) is 1. The van der Waals surface area contributed by atoms with Crippen molar-refractivity contribution in [3.05, 3.63) is 0 Å². The predicted octanol–water partition coefficient (Wildman–Crippen LogP) is 0.975. The fraction of sp³-hybridized carbons (Fsp3) is 1.00. The van der Waals surface area contributed by atoms with Crippen LogP contribution in [0.4, 0.5) is 0 Å². The Morgan fingerprint density at radius 3 is 2.67 bits per heavy atom. The van der Waals surface area contributed by atoms with Gasteiger partial charge in [-0.2, -0.15) is 0 Å². The zero-order valence-corrected chi connectivity index (χ0v) is 9.84. The van der Waals surface area contributed by atoms with E-state index in [1.54, 1.807) is 0 Å². The lowest BCUT2D eigenvalue weighted by molar-refractivity contribution is -0.0178. The van der Waals surface area contributed by atoms with Crippen LogP contribution in [0.5, 0.6) is 0 Å². The Morgan fingerprint density at radius 1 is 1.20 bits per heavy atom. The molecule has 0 aliphatic carbocycles. The maximum absolute atomic E-state index is 9.91. The second kappa shape index (κ2) is 4.81. The molecule has 0 aromatic carbocycles. The van der Waals surface area contributed by atoms with Crippen LogP contribution in [0.15, 0.2) is 0 Å². The molecule has 2 N–H and O–H groups in total. The van der Waals surface area contributed by atoms with Crippen molar-refractivity contribution in [2.24, 2.45) is 0 Å². The number of hydrogen-bond acceptors (Lipinski definition) is 3. The first-order valence-electron chi connectivity index (χ1n) is 6.34. The SMILES string of the molecule is CC1(O)CCN([C@@H]2CCCNCC2)CC1. The lowest BCUT2D eigenvalue weighted by atomic mass is 9.92. The summed E-state index contributed by atoms with van der Waals surface area (Å²) >= 11 is 0. The summed E-state index contributed by atoms with van der Waals surface area (Å²) < 4.78 is 0. The number of likely N-dealkylation sites (tertiary alicyclic amines) is 1. The molecule has 2 fully saturated rings. The molecule has 2 heterocycles. The van der Waals surface area contributed by atoms with Gasteiger partial charge in [0.15, 0.2) is 0 Å². The Bertz CT molecular complexity index is 188. The summed E-state index contributed by atoms with van der Waals surface area (Å²) in [6, 6.07) is 0.760. The van der Waals surface area contributed by atoms with Gasteiger partial charge in [-0.3, -0.25) is 0 Å². The first kappa shape index (κ1) is 11.4. The lowest BCUT2D eigenvalue weighted by Crippen LogP contribution is -2.47. The predicted molar refractivity (Wildman–Crippen MR) is 61.9 cm³/mol. The Labute approximate surface area is 92.8 Å². The zero-order valence-electron chi connectivity index (χ0n) is 9.84. The number of aliphatic hydroxyl groups is 1. The molecule has 2 aliphatic rings. The zero-order chi connectivity index (χ0) is 10.7. The van der Waals surface area contributed by atoms with E-state index in [1.807, 2.05) is 6.92 Å². The van der Waals surface area contributed by atoms with Gasteiger partial charge >= 0.3 is 0 Å². The molecule has 0 radical (unpaired) electrons. The number of nitrogens with zero attached hydrogens (tertiary/aromatic N) is 1. The van der Waals surface area contributed by atoms with Crippen LogP contribution in [0.3, 0.4) is 0 Å². The Balaban J connectivity index is 1.83. The van der Waals surface area contributed by atoms with E-state index in [9.17, 15) is 5.11 Å². The quantitative estimate of drug-likeness (QED) is 0.680. The molecule has 0 unspecified atom stereocenters. The van der Waals surface area contributed by atoms with Gasteiger partial charge in [-0.15, -0.1) is 0 Å². The van der Waals surface area contributed by atoms with Crippen molar-refractivity contribution in [3.8, 4) is 0 Å². The fourth-order valence-electron chi connectivity index (χ4n) is 2.74. The molecule has 0 bridgehead atoms. The summed E-state index contributed by atoms with van der Waals surface area (Å²) in [6.45, 7) is 6.48. The van der Waals surface area contributed by atoms with E-state index in [1.165, 1.54) is 25.8 Å². The minimum atomic E-state index is -0.403. The van der Waals surface area contributed by atoms with Gasteiger partial charge in [0.25, 0.3) is 0 Å². The molecular formula is C12H24N2O. The Morgan fingerprint density at radius 2 is 1.93 bits per heavy atom. The molecule has 0 saturated carbocycles. The normalized spacial score (nSPS) is 33.6. The maximum Gasteiger partial charge on any atom is 0.0644 e. The van der Waals surface area contributed by atoms with Gasteiger partial charge in [0.1, 0.15) is 0 Å². The van der Waals surface area contributed by atoms with Gasteiger partial charge in [0.05, 0.1) is 5.60 Å². The molecule has 0 amide bonds. The molecule has 2 rings (SSSR count). The van der Waals surface area contributed by atoms with Crippen molar-refractivity contribution in [2.75, 3.05) is 26.2 Å². The highest BCUT2D eigenvalue weighted by atomic mass is 16.3. The van der Waals surface area contributed by atoms with Crippen LogP contribution >= 0.6 is 0 Å². The van der Waals surface area contributed by atoms with E-state index in [0.29, 0.717) is 0 Å². The number of rotatable bonds is 1. The minimum Gasteiger partial charge on any atom is -0.390 e. The van der Waals surface area contributed by atoms with Crippen molar-refractivity contribution in [1.82, 2.24) is 10.2 Å². The Kier molecular flexibility index (Phi) is 3.65. The number of hydrogen-bond donors (Lipinski definition) is 2. The third kappa shape index (κ3) is 3.16. The van der Waals surface area contributed by atoms with Gasteiger partial charge in [-0.25, -0.2) is 0 Å². The molecular weight excluding hydrogens is 188 g/mol. The second-order valence-corrected chi connectivity index (χ2v) is 5.37. The molecule has 1 atom stereocenters. The van der Waals surface area contributed by atoms with Gasteiger partial charge < -0.3 is 15.3 Å². The van der Waals surface area contributed by atoms with Crippen LogP contribution in [-0.4, -0.2) is 47.8 Å². The summed E-state index contributed by atoms with van der Waals surface area (Å²) in [6.07, 6.45) is 5.79. The van der Waals surface area contributed by atoms with Gasteiger partial charge in [-0.1, -0.05) is 0 Å². The van der Waals surface area contributed by atoms with Crippen LogP contribution in [0, 0.1) is 0 Å². The molecule has 3 nitrogen and oxygen atoms in total. The van der Waals surface area contributed by atoms with E-state index < -0.39 is 5.60 Å². The Hall–Kier alpha value is -0.120. The van der Waals surface area contributed by atoms with Crippen molar-refractivity contribution < 1.29 is 5.11 Å². The molecule has 3 heteroatoms. The highest BCUT2D eigenvalue weighted by Crippen LogP contribution is 2.25. The minimum absolute atomic E-state index is 0.403. The largest absolute Gasteiger partial charge is 0.390 e. The van der Waals surface area contributed by atoms with E-state index >= 15 is 0 Å². The molecule has 2 saturated heterocycles. The van der Waals surface area contributed by atoms with Crippen LogP contribution in [-0.2, 0) is 0 Å². The van der Waals surface area contributed by atoms with Crippen LogP contribution in [0.2, 0.25) is 0 Å². The second-order valence-electron chi connectivity index (χ2n) is 5.37. The monoisotopic (exact) mass is 212 g/mol. The third-order valence-corrected chi connectivity index (χ3v) is 3.94. The van der Waals surface area contributed by atoms with Crippen molar-refractivity contribution in [1.29, 1.82) is 0 Å². The van der Waals surface area contributed by atoms with E-state index in [2.05, 4.69) is 10.2 Å². The van der Waals surface area contributed by atoms with Crippen molar-refractivity contribution in [2.45, 2.75) is 50.7 Å². The summed E-state index contributed by atoms with van der Waals surface area (Å²) in [5.74, 6) is 0. The third-order valence-electron chi connectivity index (χ3n) is 3.94. The standard InChI is InChI=1S/C12H24N2O/c1-12(15)5-9-14(10-6-12)11-3-2-7-13-8-4-11/h11,13,15H,2-10H2,1H3/t11-/m1/s1.